The van der Waals surface area contributed by atoms with Gasteiger partial charge in [0.1, 0.15) is 5.75 Å². The molecule has 2 heterocycles. The summed E-state index contributed by atoms with van der Waals surface area (Å²) in [5, 5.41) is 1.25. The number of aromatic nitrogens is 1. The van der Waals surface area contributed by atoms with E-state index < -0.39 is 0 Å². The number of H-pyrrole nitrogens is 1. The Labute approximate surface area is 176 Å². The number of fused-ring (bicyclic) bond motifs is 3. The third-order valence-electron chi connectivity index (χ3n) is 6.01. The summed E-state index contributed by atoms with van der Waals surface area (Å²) in [5.74, 6) is 0.708. The first-order chi connectivity index (χ1) is 14.7. The van der Waals surface area contributed by atoms with E-state index in [1.165, 1.54) is 16.5 Å². The minimum Gasteiger partial charge on any atom is -0.497 e. The lowest BCUT2D eigenvalue weighted by molar-refractivity contribution is 0.0691. The monoisotopic (exact) mass is 396 g/mol. The maximum Gasteiger partial charge on any atom is 0.254 e. The number of aromatic amines is 1. The summed E-state index contributed by atoms with van der Waals surface area (Å²) >= 11 is 0. The lowest BCUT2D eigenvalue weighted by Gasteiger charge is -2.36. The summed E-state index contributed by atoms with van der Waals surface area (Å²) in [4.78, 5) is 19.2. The number of benzene rings is 3. The molecule has 1 N–H and O–H groups in total. The van der Waals surface area contributed by atoms with Gasteiger partial charge in [0.25, 0.3) is 5.91 Å². The van der Waals surface area contributed by atoms with Crippen LogP contribution in [0.15, 0.2) is 72.8 Å². The van der Waals surface area contributed by atoms with E-state index in [1.54, 1.807) is 7.11 Å². The van der Waals surface area contributed by atoms with E-state index in [0.717, 1.165) is 23.2 Å². The molecule has 0 bridgehead atoms. The Kier molecular flexibility index (Phi) is 4.55. The fourth-order valence-corrected chi connectivity index (χ4v) is 4.48. The van der Waals surface area contributed by atoms with Crippen molar-refractivity contribution in [2.24, 2.45) is 0 Å². The molecule has 4 heteroatoms. The van der Waals surface area contributed by atoms with Crippen molar-refractivity contribution in [1.29, 1.82) is 0 Å². The number of para-hydroxylation sites is 1. The van der Waals surface area contributed by atoms with E-state index in [9.17, 15) is 4.79 Å². The highest BCUT2D eigenvalue weighted by atomic mass is 16.5. The number of aryl methyl sites for hydroxylation is 1. The zero-order valence-electron chi connectivity index (χ0n) is 17.2. The van der Waals surface area contributed by atoms with Crippen molar-refractivity contribution < 1.29 is 9.53 Å². The van der Waals surface area contributed by atoms with Crippen molar-refractivity contribution in [2.45, 2.75) is 19.4 Å². The summed E-state index contributed by atoms with van der Waals surface area (Å²) in [6.45, 7) is 2.75. The predicted molar refractivity (Wildman–Crippen MR) is 119 cm³/mol. The molecule has 0 spiro atoms. The van der Waals surface area contributed by atoms with Gasteiger partial charge in [0.05, 0.1) is 13.2 Å². The molecular formula is C26H24N2O2. The Balaban J connectivity index is 1.64. The highest BCUT2D eigenvalue weighted by Crippen LogP contribution is 2.39. The van der Waals surface area contributed by atoms with Gasteiger partial charge in [-0.15, -0.1) is 0 Å². The first kappa shape index (κ1) is 18.5. The van der Waals surface area contributed by atoms with Crippen LogP contribution in [0.4, 0.5) is 0 Å². The first-order valence-corrected chi connectivity index (χ1v) is 10.3. The van der Waals surface area contributed by atoms with Crippen molar-refractivity contribution >= 4 is 16.8 Å². The number of nitrogens with zero attached hydrogens (tertiary/aromatic N) is 1. The van der Waals surface area contributed by atoms with Crippen LogP contribution in [0.1, 0.15) is 38.8 Å². The van der Waals surface area contributed by atoms with E-state index in [4.69, 9.17) is 4.74 Å². The van der Waals surface area contributed by atoms with Gasteiger partial charge in [-0.3, -0.25) is 4.79 Å². The molecule has 5 rings (SSSR count). The normalized spacial score (nSPS) is 15.8. The van der Waals surface area contributed by atoms with Gasteiger partial charge in [-0.1, -0.05) is 54.1 Å². The summed E-state index contributed by atoms with van der Waals surface area (Å²) in [7, 11) is 1.62. The molecule has 4 nitrogen and oxygen atoms in total. The molecule has 0 radical (unpaired) electrons. The van der Waals surface area contributed by atoms with Crippen molar-refractivity contribution in [3.63, 3.8) is 0 Å². The second kappa shape index (κ2) is 7.38. The van der Waals surface area contributed by atoms with Gasteiger partial charge in [-0.2, -0.15) is 0 Å². The number of methoxy groups -OCH3 is 1. The zero-order valence-corrected chi connectivity index (χ0v) is 17.2. The minimum absolute atomic E-state index is 0.0174. The molecule has 1 aliphatic heterocycles. The molecule has 1 aromatic heterocycles. The van der Waals surface area contributed by atoms with Crippen LogP contribution in [0, 0.1) is 6.92 Å². The second-order valence-corrected chi connectivity index (χ2v) is 7.86. The predicted octanol–water partition coefficient (Wildman–Crippen LogP) is 5.27. The molecule has 30 heavy (non-hydrogen) atoms. The Morgan fingerprint density at radius 2 is 1.83 bits per heavy atom. The van der Waals surface area contributed by atoms with Gasteiger partial charge in [0.2, 0.25) is 0 Å². The lowest BCUT2D eigenvalue weighted by Crippen LogP contribution is -2.40. The van der Waals surface area contributed by atoms with Crippen LogP contribution in [0.25, 0.3) is 10.9 Å². The molecule has 0 saturated heterocycles. The van der Waals surface area contributed by atoms with Crippen LogP contribution >= 0.6 is 0 Å². The Morgan fingerprint density at radius 3 is 2.63 bits per heavy atom. The number of carbonyl (C=O) groups is 1. The van der Waals surface area contributed by atoms with Crippen LogP contribution in [-0.2, 0) is 6.42 Å². The lowest BCUT2D eigenvalue weighted by atomic mass is 9.91. The number of nitrogens with one attached hydrogen (secondary N) is 1. The Bertz CT molecular complexity index is 1220. The number of amides is 1. The number of hydrogen-bond donors (Lipinski definition) is 1. The maximum absolute atomic E-state index is 13.6. The van der Waals surface area contributed by atoms with Gasteiger partial charge in [-0.05, 0) is 48.7 Å². The molecule has 0 saturated carbocycles. The molecule has 1 amide bonds. The largest absolute Gasteiger partial charge is 0.497 e. The first-order valence-electron chi connectivity index (χ1n) is 10.3. The number of rotatable bonds is 3. The molecule has 1 atom stereocenters. The average Bonchev–Trinajstić information content (AvgIpc) is 3.17. The molecular weight excluding hydrogens is 372 g/mol. The van der Waals surface area contributed by atoms with Gasteiger partial charge in [-0.25, -0.2) is 0 Å². The van der Waals surface area contributed by atoms with Crippen molar-refractivity contribution in [3.8, 4) is 5.75 Å². The van der Waals surface area contributed by atoms with E-state index in [-0.39, 0.29) is 11.9 Å². The zero-order chi connectivity index (χ0) is 20.7. The van der Waals surface area contributed by atoms with E-state index >= 15 is 0 Å². The van der Waals surface area contributed by atoms with Gasteiger partial charge in [0, 0.05) is 28.7 Å². The van der Waals surface area contributed by atoms with Crippen LogP contribution in [0.5, 0.6) is 5.75 Å². The van der Waals surface area contributed by atoms with Crippen molar-refractivity contribution in [1.82, 2.24) is 9.88 Å². The van der Waals surface area contributed by atoms with Crippen molar-refractivity contribution in [2.75, 3.05) is 13.7 Å². The van der Waals surface area contributed by atoms with Gasteiger partial charge >= 0.3 is 0 Å². The van der Waals surface area contributed by atoms with Crippen molar-refractivity contribution in [3.05, 3.63) is 101 Å². The van der Waals surface area contributed by atoms with E-state index in [2.05, 4.69) is 54.4 Å². The second-order valence-electron chi connectivity index (χ2n) is 7.86. The average molecular weight is 396 g/mol. The highest BCUT2D eigenvalue weighted by Gasteiger charge is 2.35. The fourth-order valence-electron chi connectivity index (χ4n) is 4.48. The molecule has 1 unspecified atom stereocenters. The number of carbonyl (C=O) groups excluding carboxylic acids is 1. The number of ether oxygens (including phenoxy) is 1. The standard InChI is InChI=1S/C26H24N2O2/c1-17-10-12-18(13-11-17)25-24-22(21-8-3-4-9-23(21)27-24)14-15-28(25)26(29)19-6-5-7-20(16-19)30-2/h3-13,16,25,27H,14-15H2,1-2H3. The van der Waals surface area contributed by atoms with Gasteiger partial charge in [0.15, 0.2) is 0 Å². The minimum atomic E-state index is -0.152. The molecule has 1 aliphatic rings. The highest BCUT2D eigenvalue weighted by molar-refractivity contribution is 5.96. The fraction of sp³-hybridized carbons (Fsp3) is 0.192. The molecule has 3 aromatic carbocycles. The third kappa shape index (κ3) is 3.05. The molecule has 150 valence electrons. The topological polar surface area (TPSA) is 45.3 Å². The molecule has 0 fully saturated rings. The van der Waals surface area contributed by atoms with Crippen LogP contribution < -0.4 is 4.74 Å². The summed E-state index contributed by atoms with van der Waals surface area (Å²) in [6, 6.07) is 24.1. The van der Waals surface area contributed by atoms with Crippen LogP contribution in [0.3, 0.4) is 0 Å². The van der Waals surface area contributed by atoms with Crippen LogP contribution in [-0.4, -0.2) is 29.4 Å². The van der Waals surface area contributed by atoms with Crippen LogP contribution in [0.2, 0.25) is 0 Å². The SMILES string of the molecule is COc1cccc(C(=O)N2CCc3c([nH]c4ccccc34)C2c2ccc(C)cc2)c1. The van der Waals surface area contributed by atoms with E-state index in [0.29, 0.717) is 17.9 Å². The summed E-state index contributed by atoms with van der Waals surface area (Å²) < 4.78 is 5.34. The Morgan fingerprint density at radius 1 is 1.03 bits per heavy atom. The summed E-state index contributed by atoms with van der Waals surface area (Å²) in [6.07, 6.45) is 0.831. The van der Waals surface area contributed by atoms with Gasteiger partial charge < -0.3 is 14.6 Å². The quantitative estimate of drug-likeness (QED) is 0.513. The third-order valence-corrected chi connectivity index (χ3v) is 6.01. The smallest absolute Gasteiger partial charge is 0.254 e. The maximum atomic E-state index is 13.6. The Hall–Kier alpha value is -3.53. The number of hydrogen-bond acceptors (Lipinski definition) is 2. The molecule has 0 aliphatic carbocycles. The molecule has 4 aromatic rings. The van der Waals surface area contributed by atoms with E-state index in [1.807, 2.05) is 35.2 Å². The summed E-state index contributed by atoms with van der Waals surface area (Å²) in [5.41, 5.74) is 6.51.